The van der Waals surface area contributed by atoms with E-state index in [1.807, 2.05) is 0 Å². The first-order valence-corrected chi connectivity index (χ1v) is 13.2. The standard InChI is InChI=1S/C22H47O4P.K/c1-2-3-4-5-6-7-8-9-10-11-12-13-14-15-16-17-18-19-20-21-22-26-27(23,24)25;/h2-22H2,1H3,(H2,23,24,25);/q;+1/p-2. The molecular formula is C22H45KO4P-. The molecule has 0 unspecified atom stereocenters. The quantitative estimate of drug-likeness (QED) is 0.145. The molecule has 6 heteroatoms. The molecule has 0 aromatic heterocycles. The molecule has 0 amide bonds. The maximum atomic E-state index is 10.3. The molecule has 0 rings (SSSR count). The van der Waals surface area contributed by atoms with E-state index in [0.717, 1.165) is 12.8 Å². The number of hydrogen-bond acceptors (Lipinski definition) is 4. The molecule has 0 aliphatic rings. The average Bonchev–Trinajstić information content (AvgIpc) is 2.62. The van der Waals surface area contributed by atoms with Gasteiger partial charge in [-0.3, -0.25) is 0 Å². The molecule has 0 heterocycles. The second kappa shape index (κ2) is 25.0. The summed E-state index contributed by atoms with van der Waals surface area (Å²) in [5.41, 5.74) is 0. The van der Waals surface area contributed by atoms with Crippen LogP contribution >= 0.6 is 7.82 Å². The van der Waals surface area contributed by atoms with Crippen molar-refractivity contribution in [3.05, 3.63) is 0 Å². The summed E-state index contributed by atoms with van der Waals surface area (Å²) in [4.78, 5) is 20.6. The Balaban J connectivity index is 0. The molecule has 4 nitrogen and oxygen atoms in total. The number of rotatable bonds is 22. The Morgan fingerprint density at radius 3 is 1.04 bits per heavy atom. The van der Waals surface area contributed by atoms with Gasteiger partial charge in [-0.25, -0.2) is 0 Å². The molecule has 0 saturated carbocycles. The molecule has 0 aliphatic carbocycles. The van der Waals surface area contributed by atoms with E-state index >= 15 is 0 Å². The van der Waals surface area contributed by atoms with Gasteiger partial charge in [0.15, 0.2) is 0 Å². The third-order valence-corrected chi connectivity index (χ3v) is 5.75. The number of unbranched alkanes of at least 4 members (excludes halogenated alkanes) is 19. The van der Waals surface area contributed by atoms with Gasteiger partial charge >= 0.3 is 51.4 Å². The van der Waals surface area contributed by atoms with Gasteiger partial charge in [-0.1, -0.05) is 129 Å². The Morgan fingerprint density at radius 2 is 0.786 bits per heavy atom. The Morgan fingerprint density at radius 1 is 0.536 bits per heavy atom. The molecule has 0 radical (unpaired) electrons. The Labute approximate surface area is 218 Å². The summed E-state index contributed by atoms with van der Waals surface area (Å²) >= 11 is 0. The van der Waals surface area contributed by atoms with Crippen LogP contribution in [0.25, 0.3) is 0 Å². The fourth-order valence-corrected chi connectivity index (χ4v) is 3.89. The van der Waals surface area contributed by atoms with Crippen LogP contribution in [-0.2, 0) is 9.09 Å². The summed E-state index contributed by atoms with van der Waals surface area (Å²) < 4.78 is 14.5. The van der Waals surface area contributed by atoms with Crippen molar-refractivity contribution < 1.29 is 70.3 Å². The molecule has 0 aliphatic heterocycles. The molecule has 0 fully saturated rings. The van der Waals surface area contributed by atoms with Crippen molar-refractivity contribution in [3.8, 4) is 0 Å². The summed E-state index contributed by atoms with van der Waals surface area (Å²) in [6, 6.07) is 0. The number of hydrogen-bond donors (Lipinski definition) is 0. The zero-order valence-corrected chi connectivity index (χ0v) is 22.9. The Bertz CT molecular complexity index is 336. The maximum Gasteiger partial charge on any atom is 1.00 e. The third-order valence-electron chi connectivity index (χ3n) is 5.25. The van der Waals surface area contributed by atoms with Gasteiger partial charge in [0.2, 0.25) is 0 Å². The first-order valence-electron chi connectivity index (χ1n) is 11.7. The molecule has 0 spiro atoms. The smallest absolute Gasteiger partial charge is 0.790 e. The topological polar surface area (TPSA) is 72.4 Å². The molecular weight excluding hydrogens is 398 g/mol. The zero-order chi connectivity index (χ0) is 20.1. The van der Waals surface area contributed by atoms with E-state index in [2.05, 4.69) is 11.4 Å². The normalized spacial score (nSPS) is 11.5. The summed E-state index contributed by atoms with van der Waals surface area (Å²) in [5, 5.41) is 0. The molecule has 0 atom stereocenters. The predicted molar refractivity (Wildman–Crippen MR) is 112 cm³/mol. The van der Waals surface area contributed by atoms with Gasteiger partial charge in [-0.2, -0.15) is 0 Å². The van der Waals surface area contributed by atoms with Crippen LogP contribution in [0, 0.1) is 0 Å². The minimum Gasteiger partial charge on any atom is -0.790 e. The van der Waals surface area contributed by atoms with Crippen LogP contribution in [0.15, 0.2) is 0 Å². The van der Waals surface area contributed by atoms with Crippen molar-refractivity contribution in [1.29, 1.82) is 0 Å². The van der Waals surface area contributed by atoms with E-state index in [4.69, 9.17) is 0 Å². The number of phosphoric acid groups is 1. The van der Waals surface area contributed by atoms with Gasteiger partial charge in [-0.15, -0.1) is 0 Å². The first kappa shape index (κ1) is 31.9. The van der Waals surface area contributed by atoms with Crippen molar-refractivity contribution in [2.24, 2.45) is 0 Å². The second-order valence-corrected chi connectivity index (χ2v) is 9.15. The first-order chi connectivity index (χ1) is 13.1. The molecule has 0 aromatic carbocycles. The maximum absolute atomic E-state index is 10.3. The Kier molecular flexibility index (Phi) is 28.5. The largest absolute Gasteiger partial charge is 1.00 e. The second-order valence-electron chi connectivity index (χ2n) is 8.00. The van der Waals surface area contributed by atoms with E-state index in [1.165, 1.54) is 109 Å². The predicted octanol–water partition coefficient (Wildman–Crippen LogP) is 3.66. The summed E-state index contributed by atoms with van der Waals surface area (Å²) in [6.07, 6.45) is 26.2. The van der Waals surface area contributed by atoms with E-state index in [0.29, 0.717) is 6.42 Å². The van der Waals surface area contributed by atoms with Crippen LogP contribution in [-0.4, -0.2) is 6.61 Å². The number of phosphoric ester groups is 1. The molecule has 164 valence electrons. The summed E-state index contributed by atoms with van der Waals surface area (Å²) in [5.74, 6) is 0. The monoisotopic (exact) mass is 443 g/mol. The molecule has 28 heavy (non-hydrogen) atoms. The van der Waals surface area contributed by atoms with Crippen molar-refractivity contribution >= 4 is 7.82 Å². The molecule has 0 aromatic rings. The van der Waals surface area contributed by atoms with Crippen molar-refractivity contribution in [2.75, 3.05) is 6.61 Å². The van der Waals surface area contributed by atoms with Crippen molar-refractivity contribution in [2.45, 2.75) is 135 Å². The van der Waals surface area contributed by atoms with Gasteiger partial charge in [0.25, 0.3) is 0 Å². The summed E-state index contributed by atoms with van der Waals surface area (Å²) in [7, 11) is -4.76. The van der Waals surface area contributed by atoms with Crippen LogP contribution in [0.2, 0.25) is 0 Å². The van der Waals surface area contributed by atoms with E-state index in [-0.39, 0.29) is 58.0 Å². The SMILES string of the molecule is CCCCCCCCCCCCCCCCCCCCCCOP(=O)([O-])[O-].[K+]. The zero-order valence-electron chi connectivity index (χ0n) is 18.9. The molecule has 0 bridgehead atoms. The third kappa shape index (κ3) is 29.9. The van der Waals surface area contributed by atoms with E-state index in [1.54, 1.807) is 0 Å². The van der Waals surface area contributed by atoms with E-state index < -0.39 is 7.82 Å². The van der Waals surface area contributed by atoms with Crippen LogP contribution in [0.5, 0.6) is 0 Å². The van der Waals surface area contributed by atoms with Gasteiger partial charge in [0, 0.05) is 0 Å². The van der Waals surface area contributed by atoms with Crippen LogP contribution in [0.1, 0.15) is 135 Å². The fourth-order valence-electron chi connectivity index (χ4n) is 3.53. The molecule has 0 saturated heterocycles. The van der Waals surface area contributed by atoms with Gasteiger partial charge < -0.3 is 18.9 Å². The minimum atomic E-state index is -4.76. The van der Waals surface area contributed by atoms with Gasteiger partial charge in [-0.05, 0) is 6.42 Å². The Hall–Kier alpha value is 1.75. The van der Waals surface area contributed by atoms with Crippen LogP contribution < -0.4 is 61.2 Å². The fraction of sp³-hybridized carbons (Fsp3) is 1.00. The molecule has 0 N–H and O–H groups in total. The van der Waals surface area contributed by atoms with Crippen molar-refractivity contribution in [3.63, 3.8) is 0 Å². The van der Waals surface area contributed by atoms with Crippen LogP contribution in [0.4, 0.5) is 0 Å². The van der Waals surface area contributed by atoms with E-state index in [9.17, 15) is 14.4 Å². The van der Waals surface area contributed by atoms with Crippen molar-refractivity contribution in [1.82, 2.24) is 0 Å². The summed E-state index contributed by atoms with van der Waals surface area (Å²) in [6.45, 7) is 2.32. The van der Waals surface area contributed by atoms with Gasteiger partial charge in [0.1, 0.15) is 0 Å². The van der Waals surface area contributed by atoms with Crippen LogP contribution in [0.3, 0.4) is 0 Å². The minimum absolute atomic E-state index is 0. The average molecular weight is 444 g/mol. The van der Waals surface area contributed by atoms with Gasteiger partial charge in [0.05, 0.1) is 14.4 Å².